The number of aromatic amines is 1. The van der Waals surface area contributed by atoms with E-state index in [2.05, 4.69) is 36.1 Å². The normalized spacial score (nSPS) is 15.6. The molecule has 1 aliphatic rings. The van der Waals surface area contributed by atoms with Gasteiger partial charge in [0.15, 0.2) is 0 Å². The summed E-state index contributed by atoms with van der Waals surface area (Å²) in [7, 11) is 1.39. The van der Waals surface area contributed by atoms with E-state index in [1.54, 1.807) is 30.5 Å². The Hall–Kier alpha value is -4.51. The van der Waals surface area contributed by atoms with Gasteiger partial charge in [0.05, 0.1) is 37.2 Å². The van der Waals surface area contributed by atoms with Gasteiger partial charge in [0.2, 0.25) is 5.91 Å². The molecule has 0 fully saturated rings. The van der Waals surface area contributed by atoms with Gasteiger partial charge < -0.3 is 20.4 Å². The molecule has 12 heteroatoms. The van der Waals surface area contributed by atoms with Crippen LogP contribution < -0.4 is 10.6 Å². The second-order valence-corrected chi connectivity index (χ2v) is 10.2. The molecule has 41 heavy (non-hydrogen) atoms. The number of aromatic nitrogens is 6. The topological polar surface area (TPSA) is 140 Å². The number of nitrogens with one attached hydrogen (secondary N) is 3. The first-order valence-electron chi connectivity index (χ1n) is 13.5. The minimum Gasteiger partial charge on any atom is -0.469 e. The maximum Gasteiger partial charge on any atom is 0.309 e. The van der Waals surface area contributed by atoms with Crippen LogP contribution in [0.4, 0.5) is 5.69 Å². The Kier molecular flexibility index (Phi) is 9.05. The molecule has 11 nitrogen and oxygen atoms in total. The van der Waals surface area contributed by atoms with Crippen molar-refractivity contribution in [3.63, 3.8) is 0 Å². The van der Waals surface area contributed by atoms with E-state index in [0.29, 0.717) is 22.1 Å². The smallest absolute Gasteiger partial charge is 0.309 e. The number of ether oxygens (including phenoxy) is 1. The molecular weight excluding hydrogens is 544 g/mol. The monoisotopic (exact) mass is 574 g/mol. The lowest BCUT2D eigenvalue weighted by atomic mass is 10.0. The van der Waals surface area contributed by atoms with Crippen LogP contribution in [-0.2, 0) is 20.7 Å². The predicted octanol–water partition coefficient (Wildman–Crippen LogP) is 4.67. The molecule has 2 aromatic carbocycles. The molecule has 4 aromatic rings. The van der Waals surface area contributed by atoms with Crippen LogP contribution in [0.3, 0.4) is 0 Å². The summed E-state index contributed by atoms with van der Waals surface area (Å²) in [4.78, 5) is 33.0. The van der Waals surface area contributed by atoms with Crippen LogP contribution in [0.5, 0.6) is 0 Å². The maximum atomic E-state index is 13.1. The standard InChI is InChI=1S/C29H31ClN8O3/c1-41-28(40)15-19-7-10-22-24(14-19)31-13-5-3-2-4-6-23(29-32-17-25(22)35-29)34-27(39)12-8-20-16-21(30)9-11-26(20)38-18-33-36-37-38/h7-12,14,16-18,23,31H,2-6,13,15H2,1H3,(H,32,35)(H,34,39)/b12-8+/t23-/m0/s1. The first kappa shape index (κ1) is 28.0. The number of H-pyrrole nitrogens is 1. The average Bonchev–Trinajstić information content (AvgIpc) is 3.68. The molecule has 2 bridgehead atoms. The largest absolute Gasteiger partial charge is 0.469 e. The number of carbonyl (C=O) groups is 2. The highest BCUT2D eigenvalue weighted by Crippen LogP contribution is 2.30. The second-order valence-electron chi connectivity index (χ2n) is 9.80. The summed E-state index contributed by atoms with van der Waals surface area (Å²) < 4.78 is 6.34. The van der Waals surface area contributed by atoms with Crippen LogP contribution in [0.15, 0.2) is 55.0 Å². The lowest BCUT2D eigenvalue weighted by Gasteiger charge is -2.16. The zero-order chi connectivity index (χ0) is 28.6. The van der Waals surface area contributed by atoms with E-state index < -0.39 is 0 Å². The van der Waals surface area contributed by atoms with Gasteiger partial charge in [0.1, 0.15) is 12.2 Å². The number of hydrogen-bond donors (Lipinski definition) is 3. The summed E-state index contributed by atoms with van der Waals surface area (Å²) in [6, 6.07) is 10.9. The van der Waals surface area contributed by atoms with Crippen molar-refractivity contribution in [3.8, 4) is 16.9 Å². The zero-order valence-corrected chi connectivity index (χ0v) is 23.4. The van der Waals surface area contributed by atoms with Crippen LogP contribution in [0.1, 0.15) is 55.1 Å². The summed E-state index contributed by atoms with van der Waals surface area (Å²) in [5, 5.41) is 18.5. The molecule has 3 heterocycles. The molecule has 0 spiro atoms. The molecule has 0 aliphatic carbocycles. The molecule has 0 radical (unpaired) electrons. The third-order valence-electron chi connectivity index (χ3n) is 6.93. The van der Waals surface area contributed by atoms with Crippen molar-refractivity contribution in [1.29, 1.82) is 0 Å². The fraction of sp³-hybridized carbons (Fsp3) is 0.310. The van der Waals surface area contributed by atoms with Crippen molar-refractivity contribution in [1.82, 2.24) is 35.5 Å². The first-order valence-corrected chi connectivity index (χ1v) is 13.9. The van der Waals surface area contributed by atoms with E-state index in [1.165, 1.54) is 24.2 Å². The summed E-state index contributed by atoms with van der Waals surface area (Å²) in [6.07, 6.45) is 11.4. The molecule has 0 unspecified atom stereocenters. The quantitative estimate of drug-likeness (QED) is 0.223. The number of fused-ring (bicyclic) bond motifs is 4. The van der Waals surface area contributed by atoms with Gasteiger partial charge in [-0.3, -0.25) is 9.59 Å². The number of carbonyl (C=O) groups excluding carboxylic acids is 2. The third-order valence-corrected chi connectivity index (χ3v) is 7.16. The summed E-state index contributed by atoms with van der Waals surface area (Å²) in [6.45, 7) is 0.816. The number of methoxy groups -OCH3 is 1. The number of anilines is 1. The number of benzene rings is 2. The van der Waals surface area contributed by atoms with Crippen molar-refractivity contribution in [2.24, 2.45) is 0 Å². The van der Waals surface area contributed by atoms with Gasteiger partial charge in [-0.25, -0.2) is 4.98 Å². The minimum absolute atomic E-state index is 0.202. The number of hydrogen-bond acceptors (Lipinski definition) is 8. The molecule has 212 valence electrons. The number of amides is 1. The van der Waals surface area contributed by atoms with Crippen LogP contribution in [0, 0.1) is 0 Å². The minimum atomic E-state index is -0.296. The van der Waals surface area contributed by atoms with Crippen molar-refractivity contribution in [3.05, 3.63) is 77.0 Å². The molecular formula is C29H31ClN8O3. The third kappa shape index (κ3) is 7.17. The number of halogens is 1. The van der Waals surface area contributed by atoms with E-state index >= 15 is 0 Å². The van der Waals surface area contributed by atoms with Gasteiger partial charge in [-0.2, -0.15) is 4.68 Å². The average molecular weight is 575 g/mol. The van der Waals surface area contributed by atoms with Crippen molar-refractivity contribution in [2.45, 2.75) is 44.6 Å². The molecule has 0 saturated carbocycles. The fourth-order valence-electron chi connectivity index (χ4n) is 4.82. The van der Waals surface area contributed by atoms with Gasteiger partial charge in [-0.15, -0.1) is 5.10 Å². The molecule has 2 aromatic heterocycles. The van der Waals surface area contributed by atoms with Gasteiger partial charge in [-0.1, -0.05) is 43.0 Å². The number of tetrazole rings is 1. The van der Waals surface area contributed by atoms with Gasteiger partial charge >= 0.3 is 5.97 Å². The van der Waals surface area contributed by atoms with E-state index in [4.69, 9.17) is 16.3 Å². The summed E-state index contributed by atoms with van der Waals surface area (Å²) in [5.74, 6) is 0.144. The van der Waals surface area contributed by atoms with Crippen molar-refractivity contribution >= 4 is 35.2 Å². The Balaban J connectivity index is 1.37. The second kappa shape index (κ2) is 13.2. The predicted molar refractivity (Wildman–Crippen MR) is 155 cm³/mol. The first-order chi connectivity index (χ1) is 20.0. The lowest BCUT2D eigenvalue weighted by molar-refractivity contribution is -0.139. The van der Waals surface area contributed by atoms with Crippen molar-refractivity contribution in [2.75, 3.05) is 19.0 Å². The SMILES string of the molecule is COC(=O)Cc1ccc2c(c1)NCCCCCC[C@H](NC(=O)/C=C/c1cc(Cl)ccc1-n1cnnn1)c1ncc-2[nH]1. The molecule has 3 N–H and O–H groups in total. The Morgan fingerprint density at radius 1 is 1.17 bits per heavy atom. The van der Waals surface area contributed by atoms with E-state index in [9.17, 15) is 9.59 Å². The van der Waals surface area contributed by atoms with Gasteiger partial charge in [-0.05, 0) is 59.2 Å². The Morgan fingerprint density at radius 2 is 2.05 bits per heavy atom. The highest BCUT2D eigenvalue weighted by atomic mass is 35.5. The highest BCUT2D eigenvalue weighted by Gasteiger charge is 2.19. The van der Waals surface area contributed by atoms with Gasteiger partial charge in [0, 0.05) is 34.5 Å². The van der Waals surface area contributed by atoms with Crippen LogP contribution in [-0.4, -0.2) is 55.7 Å². The lowest BCUT2D eigenvalue weighted by Crippen LogP contribution is -2.27. The van der Waals surface area contributed by atoms with Gasteiger partial charge in [0.25, 0.3) is 0 Å². The molecule has 1 atom stereocenters. The molecule has 0 saturated heterocycles. The zero-order valence-electron chi connectivity index (χ0n) is 22.6. The number of esters is 1. The van der Waals surface area contributed by atoms with Crippen molar-refractivity contribution < 1.29 is 14.3 Å². The van der Waals surface area contributed by atoms with E-state index in [1.807, 2.05) is 18.2 Å². The fourth-order valence-corrected chi connectivity index (χ4v) is 5.00. The highest BCUT2D eigenvalue weighted by molar-refractivity contribution is 6.30. The van der Waals surface area contributed by atoms with E-state index in [-0.39, 0.29) is 24.3 Å². The van der Waals surface area contributed by atoms with E-state index in [0.717, 1.165) is 61.2 Å². The Labute approximate surface area is 242 Å². The van der Waals surface area contributed by atoms with Crippen LogP contribution in [0.2, 0.25) is 5.02 Å². The number of nitrogens with zero attached hydrogens (tertiary/aromatic N) is 5. The summed E-state index contributed by atoms with van der Waals surface area (Å²) in [5.41, 5.74) is 4.95. The Morgan fingerprint density at radius 3 is 2.88 bits per heavy atom. The molecule has 1 amide bonds. The van der Waals surface area contributed by atoms with Crippen LogP contribution in [0.25, 0.3) is 23.0 Å². The number of rotatable bonds is 6. The molecule has 1 aliphatic heterocycles. The summed E-state index contributed by atoms with van der Waals surface area (Å²) >= 11 is 6.21. The van der Waals surface area contributed by atoms with Crippen LogP contribution >= 0.6 is 11.6 Å². The molecule has 5 rings (SSSR count). The number of imidazole rings is 1. The maximum absolute atomic E-state index is 13.1. The Bertz CT molecular complexity index is 1530.